The van der Waals surface area contributed by atoms with Crippen LogP contribution in [0.3, 0.4) is 0 Å². The van der Waals surface area contributed by atoms with Gasteiger partial charge in [0.15, 0.2) is 5.69 Å². The number of Topliss-reactive ketones (excluding diaryl/α,β-unsaturated/α-hetero) is 1. The van der Waals surface area contributed by atoms with Gasteiger partial charge in [0.1, 0.15) is 10.4 Å². The molecule has 0 fully saturated rings. The van der Waals surface area contributed by atoms with Crippen LogP contribution in [0.2, 0.25) is 0 Å². The summed E-state index contributed by atoms with van der Waals surface area (Å²) in [6, 6.07) is 1.59. The van der Waals surface area contributed by atoms with E-state index in [1.54, 1.807) is 13.1 Å². The summed E-state index contributed by atoms with van der Waals surface area (Å²) < 4.78 is 4.95. The maximum absolute atomic E-state index is 11.9. The van der Waals surface area contributed by atoms with Crippen molar-refractivity contribution in [1.82, 2.24) is 10.5 Å². The fraction of sp³-hybridized carbons (Fsp3) is 0.300. The molecule has 0 bridgehead atoms. The Bertz CT molecular complexity index is 437. The second-order valence-corrected chi connectivity index (χ2v) is 3.81. The third-order valence-electron chi connectivity index (χ3n) is 1.91. The SMILES string of the molecule is CCc1cc(C(=O)/C(=C/NC)C(=N)Br)no1. The molecule has 1 heterocycles. The zero-order chi connectivity index (χ0) is 12.1. The van der Waals surface area contributed by atoms with Crippen molar-refractivity contribution in [2.45, 2.75) is 13.3 Å². The molecular weight excluding hydrogens is 274 g/mol. The van der Waals surface area contributed by atoms with E-state index in [4.69, 9.17) is 9.93 Å². The molecule has 5 nitrogen and oxygen atoms in total. The lowest BCUT2D eigenvalue weighted by molar-refractivity contribution is 0.103. The van der Waals surface area contributed by atoms with Gasteiger partial charge in [0.05, 0.1) is 5.57 Å². The highest BCUT2D eigenvalue weighted by Gasteiger charge is 2.19. The molecule has 0 atom stereocenters. The highest BCUT2D eigenvalue weighted by molar-refractivity contribution is 9.18. The summed E-state index contributed by atoms with van der Waals surface area (Å²) in [7, 11) is 1.66. The number of ketones is 1. The van der Waals surface area contributed by atoms with Gasteiger partial charge in [-0.05, 0) is 15.9 Å². The number of hydrogen-bond donors (Lipinski definition) is 2. The lowest BCUT2D eigenvalue weighted by Crippen LogP contribution is -2.12. The first-order valence-corrected chi connectivity index (χ1v) is 5.51. The van der Waals surface area contributed by atoms with Crippen LogP contribution in [0.4, 0.5) is 0 Å². The Kier molecular flexibility index (Phi) is 4.42. The number of aryl methyl sites for hydroxylation is 1. The van der Waals surface area contributed by atoms with Gasteiger partial charge < -0.3 is 9.84 Å². The number of aromatic nitrogens is 1. The van der Waals surface area contributed by atoms with Crippen molar-refractivity contribution < 1.29 is 9.32 Å². The van der Waals surface area contributed by atoms with Crippen LogP contribution in [0.25, 0.3) is 0 Å². The molecule has 0 amide bonds. The van der Waals surface area contributed by atoms with Crippen molar-refractivity contribution in [3.05, 3.63) is 29.3 Å². The molecule has 1 rings (SSSR count). The van der Waals surface area contributed by atoms with Crippen LogP contribution in [0.5, 0.6) is 0 Å². The number of carbonyl (C=O) groups is 1. The van der Waals surface area contributed by atoms with Gasteiger partial charge >= 0.3 is 0 Å². The van der Waals surface area contributed by atoms with E-state index in [9.17, 15) is 4.79 Å². The molecular formula is C10H12BrN3O2. The minimum Gasteiger partial charge on any atom is -0.393 e. The van der Waals surface area contributed by atoms with E-state index in [1.807, 2.05) is 6.92 Å². The van der Waals surface area contributed by atoms with Crippen molar-refractivity contribution >= 4 is 26.3 Å². The zero-order valence-corrected chi connectivity index (χ0v) is 10.6. The van der Waals surface area contributed by atoms with Crippen LogP contribution in [0.1, 0.15) is 23.2 Å². The number of carbonyl (C=O) groups excluding carboxylic acids is 1. The Morgan fingerprint density at radius 1 is 1.75 bits per heavy atom. The molecule has 0 aromatic carbocycles. The van der Waals surface area contributed by atoms with E-state index in [2.05, 4.69) is 26.4 Å². The fourth-order valence-electron chi connectivity index (χ4n) is 1.10. The summed E-state index contributed by atoms with van der Waals surface area (Å²) >= 11 is 2.96. The summed E-state index contributed by atoms with van der Waals surface area (Å²) in [5.41, 5.74) is 0.418. The molecule has 0 aliphatic rings. The molecule has 0 unspecified atom stereocenters. The third kappa shape index (κ3) is 2.79. The van der Waals surface area contributed by atoms with Crippen LogP contribution in [0.15, 0.2) is 22.4 Å². The molecule has 0 saturated carbocycles. The van der Waals surface area contributed by atoms with Crippen LogP contribution in [-0.4, -0.2) is 22.6 Å². The Hall–Kier alpha value is -1.43. The van der Waals surface area contributed by atoms with Crippen LogP contribution in [-0.2, 0) is 6.42 Å². The van der Waals surface area contributed by atoms with E-state index in [-0.39, 0.29) is 21.7 Å². The van der Waals surface area contributed by atoms with Crippen molar-refractivity contribution in [2.75, 3.05) is 7.05 Å². The van der Waals surface area contributed by atoms with Gasteiger partial charge in [-0.1, -0.05) is 12.1 Å². The van der Waals surface area contributed by atoms with Crippen molar-refractivity contribution in [1.29, 1.82) is 5.41 Å². The number of allylic oxidation sites excluding steroid dienone is 1. The molecule has 0 spiro atoms. The second-order valence-electron chi connectivity index (χ2n) is 3.02. The average molecular weight is 286 g/mol. The Morgan fingerprint density at radius 3 is 2.88 bits per heavy atom. The van der Waals surface area contributed by atoms with Gasteiger partial charge in [-0.25, -0.2) is 0 Å². The first-order valence-electron chi connectivity index (χ1n) is 4.72. The predicted molar refractivity (Wildman–Crippen MR) is 64.0 cm³/mol. The largest absolute Gasteiger partial charge is 0.393 e. The van der Waals surface area contributed by atoms with E-state index in [0.717, 1.165) is 0 Å². The number of nitrogens with zero attached hydrogens (tertiary/aromatic N) is 1. The minimum absolute atomic E-state index is 0.00731. The summed E-state index contributed by atoms with van der Waals surface area (Å²) in [5, 5.41) is 13.8. The Morgan fingerprint density at radius 2 is 2.44 bits per heavy atom. The first kappa shape index (κ1) is 12.6. The Labute approximate surface area is 102 Å². The van der Waals surface area contributed by atoms with Gasteiger partial charge in [-0.15, -0.1) is 0 Å². The molecule has 1 aromatic heterocycles. The summed E-state index contributed by atoms with van der Waals surface area (Å²) in [6.45, 7) is 1.91. The minimum atomic E-state index is -0.348. The van der Waals surface area contributed by atoms with E-state index in [1.165, 1.54) is 6.20 Å². The first-order chi connectivity index (χ1) is 7.60. The van der Waals surface area contributed by atoms with Gasteiger partial charge in [-0.3, -0.25) is 10.2 Å². The molecule has 0 radical (unpaired) electrons. The van der Waals surface area contributed by atoms with Crippen molar-refractivity contribution in [2.24, 2.45) is 0 Å². The van der Waals surface area contributed by atoms with Crippen LogP contribution >= 0.6 is 15.9 Å². The molecule has 6 heteroatoms. The highest BCUT2D eigenvalue weighted by Crippen LogP contribution is 2.12. The quantitative estimate of drug-likeness (QED) is 0.492. The standard InChI is InChI=1S/C10H12BrN3O2/c1-3-6-4-8(14-16-6)9(15)7(5-13-2)10(11)12/h4-5,12-13H,3H2,1-2H3/b7-5-,12-10?. The topological polar surface area (TPSA) is 79.0 Å². The maximum Gasteiger partial charge on any atom is 0.219 e. The van der Waals surface area contributed by atoms with Gasteiger partial charge in [0, 0.05) is 25.7 Å². The van der Waals surface area contributed by atoms with Crippen LogP contribution in [0, 0.1) is 5.41 Å². The number of halogens is 1. The molecule has 16 heavy (non-hydrogen) atoms. The molecule has 1 aromatic rings. The highest BCUT2D eigenvalue weighted by atomic mass is 79.9. The molecule has 2 N–H and O–H groups in total. The smallest absolute Gasteiger partial charge is 0.219 e. The summed E-state index contributed by atoms with van der Waals surface area (Å²) in [6.07, 6.45) is 2.12. The lowest BCUT2D eigenvalue weighted by Gasteiger charge is -1.99. The number of nitrogens with one attached hydrogen (secondary N) is 2. The zero-order valence-electron chi connectivity index (χ0n) is 9.00. The molecule has 0 saturated heterocycles. The normalized spacial score (nSPS) is 11.3. The Balaban J connectivity index is 2.99. The van der Waals surface area contributed by atoms with Crippen molar-refractivity contribution in [3.8, 4) is 0 Å². The van der Waals surface area contributed by atoms with E-state index < -0.39 is 0 Å². The summed E-state index contributed by atoms with van der Waals surface area (Å²) in [5.74, 6) is 0.299. The lowest BCUT2D eigenvalue weighted by atomic mass is 10.1. The average Bonchev–Trinajstić information content (AvgIpc) is 2.73. The number of rotatable bonds is 5. The van der Waals surface area contributed by atoms with Crippen molar-refractivity contribution in [3.63, 3.8) is 0 Å². The fourth-order valence-corrected chi connectivity index (χ4v) is 1.39. The molecule has 86 valence electrons. The maximum atomic E-state index is 11.9. The molecule has 0 aliphatic heterocycles. The number of hydrogen-bond acceptors (Lipinski definition) is 5. The van der Waals surface area contributed by atoms with Gasteiger partial charge in [-0.2, -0.15) is 0 Å². The van der Waals surface area contributed by atoms with Gasteiger partial charge in [0.2, 0.25) is 5.78 Å². The van der Waals surface area contributed by atoms with Gasteiger partial charge in [0.25, 0.3) is 0 Å². The summed E-state index contributed by atoms with van der Waals surface area (Å²) in [4.78, 5) is 11.9. The monoisotopic (exact) mass is 285 g/mol. The van der Waals surface area contributed by atoms with E-state index in [0.29, 0.717) is 12.2 Å². The third-order valence-corrected chi connectivity index (χ3v) is 2.34. The second kappa shape index (κ2) is 5.60. The van der Waals surface area contributed by atoms with Crippen LogP contribution < -0.4 is 5.32 Å². The van der Waals surface area contributed by atoms with E-state index >= 15 is 0 Å². The predicted octanol–water partition coefficient (Wildman–Crippen LogP) is 1.90. The molecule has 0 aliphatic carbocycles.